The number of nitrogens with one attached hydrogen (secondary N) is 2. The lowest BCUT2D eigenvalue weighted by Gasteiger charge is -2.09. The van der Waals surface area contributed by atoms with Gasteiger partial charge in [0, 0.05) is 18.4 Å². The maximum atomic E-state index is 13.6. The number of para-hydroxylation sites is 2. The minimum atomic E-state index is -0.529. The molecule has 7 heteroatoms. The fraction of sp³-hybridized carbons (Fsp3) is 0.160. The van der Waals surface area contributed by atoms with Gasteiger partial charge >= 0.3 is 0 Å². The van der Waals surface area contributed by atoms with E-state index < -0.39 is 17.6 Å². The van der Waals surface area contributed by atoms with Crippen LogP contribution in [0.2, 0.25) is 0 Å². The van der Waals surface area contributed by atoms with E-state index in [0.29, 0.717) is 17.9 Å². The Morgan fingerprint density at radius 3 is 2.41 bits per heavy atom. The zero-order valence-electron chi connectivity index (χ0n) is 17.7. The normalized spacial score (nSPS) is 10.7. The van der Waals surface area contributed by atoms with Gasteiger partial charge < -0.3 is 10.1 Å². The quantitative estimate of drug-likeness (QED) is 0.383. The molecule has 0 atom stereocenters. The lowest BCUT2D eigenvalue weighted by atomic mass is 10.1. The van der Waals surface area contributed by atoms with Crippen LogP contribution in [-0.2, 0) is 16.2 Å². The number of rotatable bonds is 9. The van der Waals surface area contributed by atoms with Gasteiger partial charge in [0.15, 0.2) is 0 Å². The number of aryl methyl sites for hydroxylation is 1. The van der Waals surface area contributed by atoms with Gasteiger partial charge in [-0.15, -0.1) is 0 Å². The number of ether oxygens (including phenoxy) is 1. The molecule has 0 saturated carbocycles. The van der Waals surface area contributed by atoms with Gasteiger partial charge in [-0.2, -0.15) is 5.10 Å². The van der Waals surface area contributed by atoms with Crippen LogP contribution in [0.25, 0.3) is 0 Å². The van der Waals surface area contributed by atoms with E-state index in [4.69, 9.17) is 4.74 Å². The molecule has 0 saturated heterocycles. The predicted molar refractivity (Wildman–Crippen MR) is 122 cm³/mol. The van der Waals surface area contributed by atoms with Crippen molar-refractivity contribution in [3.05, 3.63) is 95.3 Å². The topological polar surface area (TPSA) is 79.8 Å². The van der Waals surface area contributed by atoms with Crippen LogP contribution in [0.3, 0.4) is 0 Å². The Labute approximate surface area is 186 Å². The molecule has 0 radical (unpaired) electrons. The molecule has 0 aliphatic carbocycles. The highest BCUT2D eigenvalue weighted by molar-refractivity contribution is 5.93. The first-order valence-electron chi connectivity index (χ1n) is 10.1. The summed E-state index contributed by atoms with van der Waals surface area (Å²) < 4.78 is 19.4. The van der Waals surface area contributed by atoms with Crippen molar-refractivity contribution in [1.29, 1.82) is 0 Å². The van der Waals surface area contributed by atoms with E-state index in [1.165, 1.54) is 30.0 Å². The highest BCUT2D eigenvalue weighted by Gasteiger charge is 2.09. The number of hydrogen-bond donors (Lipinski definition) is 2. The molecule has 2 N–H and O–H groups in total. The lowest BCUT2D eigenvalue weighted by molar-refractivity contribution is -0.124. The van der Waals surface area contributed by atoms with Gasteiger partial charge in [-0.05, 0) is 36.8 Å². The van der Waals surface area contributed by atoms with Gasteiger partial charge in [0.1, 0.15) is 18.2 Å². The first-order chi connectivity index (χ1) is 15.5. The minimum absolute atomic E-state index is 0.0802. The number of halogens is 1. The standard InChI is InChI=1S/C25H24FN3O3/c1-18-10-12-19(13-11-18)17-32-23-9-5-2-6-20(23)16-27-29-25(31)15-14-24(30)28-22-8-4-3-7-21(22)26/h2-13,16H,14-15,17H2,1H3,(H,28,30)(H,29,31). The summed E-state index contributed by atoms with van der Waals surface area (Å²) in [4.78, 5) is 23.9. The number of nitrogens with zero attached hydrogens (tertiary/aromatic N) is 1. The third-order valence-electron chi connectivity index (χ3n) is 4.55. The van der Waals surface area contributed by atoms with Crippen molar-refractivity contribution in [2.24, 2.45) is 5.10 Å². The molecule has 32 heavy (non-hydrogen) atoms. The number of benzene rings is 3. The van der Waals surface area contributed by atoms with Crippen LogP contribution in [0.15, 0.2) is 77.9 Å². The number of carbonyl (C=O) groups excluding carboxylic acids is 2. The Morgan fingerprint density at radius 2 is 1.62 bits per heavy atom. The second-order valence-corrected chi connectivity index (χ2v) is 7.13. The maximum Gasteiger partial charge on any atom is 0.240 e. The van der Waals surface area contributed by atoms with Crippen LogP contribution < -0.4 is 15.5 Å². The molecule has 164 valence electrons. The van der Waals surface area contributed by atoms with Gasteiger partial charge in [-0.1, -0.05) is 54.1 Å². The van der Waals surface area contributed by atoms with Crippen LogP contribution in [0.1, 0.15) is 29.5 Å². The van der Waals surface area contributed by atoms with Gasteiger partial charge in [-0.3, -0.25) is 9.59 Å². The second-order valence-electron chi connectivity index (χ2n) is 7.13. The zero-order chi connectivity index (χ0) is 22.8. The molecule has 3 aromatic carbocycles. The van der Waals surface area contributed by atoms with E-state index in [0.717, 1.165) is 5.56 Å². The molecule has 0 heterocycles. The molecular formula is C25H24FN3O3. The van der Waals surface area contributed by atoms with Gasteiger partial charge in [0.05, 0.1) is 11.9 Å². The van der Waals surface area contributed by atoms with E-state index in [1.54, 1.807) is 6.07 Å². The van der Waals surface area contributed by atoms with Crippen molar-refractivity contribution in [3.63, 3.8) is 0 Å². The average Bonchev–Trinajstić information content (AvgIpc) is 2.80. The largest absolute Gasteiger partial charge is 0.488 e. The van der Waals surface area contributed by atoms with Crippen molar-refractivity contribution in [3.8, 4) is 5.75 Å². The van der Waals surface area contributed by atoms with Gasteiger partial charge in [-0.25, -0.2) is 9.82 Å². The molecule has 3 rings (SSSR count). The summed E-state index contributed by atoms with van der Waals surface area (Å²) in [5.74, 6) is -0.777. The maximum absolute atomic E-state index is 13.6. The Morgan fingerprint density at radius 1 is 0.938 bits per heavy atom. The summed E-state index contributed by atoms with van der Waals surface area (Å²) in [6.07, 6.45) is 1.32. The number of amides is 2. The summed E-state index contributed by atoms with van der Waals surface area (Å²) in [6.45, 7) is 2.44. The highest BCUT2D eigenvalue weighted by atomic mass is 19.1. The first kappa shape index (κ1) is 22.7. The molecule has 2 amide bonds. The molecule has 3 aromatic rings. The fourth-order valence-corrected chi connectivity index (χ4v) is 2.80. The average molecular weight is 433 g/mol. The molecule has 0 spiro atoms. The Hall–Kier alpha value is -4.00. The van der Waals surface area contributed by atoms with Crippen LogP contribution in [0.4, 0.5) is 10.1 Å². The predicted octanol–water partition coefficient (Wildman–Crippen LogP) is 4.58. The first-order valence-corrected chi connectivity index (χ1v) is 10.1. The molecule has 0 unspecified atom stereocenters. The van der Waals surface area contributed by atoms with Crippen molar-refractivity contribution < 1.29 is 18.7 Å². The van der Waals surface area contributed by atoms with E-state index in [-0.39, 0.29) is 18.5 Å². The van der Waals surface area contributed by atoms with Crippen molar-refractivity contribution in [1.82, 2.24) is 5.43 Å². The number of hydrogen-bond acceptors (Lipinski definition) is 4. The van der Waals surface area contributed by atoms with Crippen molar-refractivity contribution in [2.45, 2.75) is 26.4 Å². The molecule has 0 aliphatic heterocycles. The summed E-state index contributed by atoms with van der Waals surface area (Å²) in [6, 6.07) is 21.3. The second kappa shape index (κ2) is 11.4. The summed E-state index contributed by atoms with van der Waals surface area (Å²) in [5.41, 5.74) is 5.41. The Bertz CT molecular complexity index is 1100. The zero-order valence-corrected chi connectivity index (χ0v) is 17.7. The Kier molecular flexibility index (Phi) is 8.09. The SMILES string of the molecule is Cc1ccc(COc2ccccc2C=NNC(=O)CCC(=O)Nc2ccccc2F)cc1. The number of carbonyl (C=O) groups is 2. The van der Waals surface area contributed by atoms with E-state index >= 15 is 0 Å². The van der Waals surface area contributed by atoms with Crippen molar-refractivity contribution in [2.75, 3.05) is 5.32 Å². The Balaban J connectivity index is 1.47. The number of hydrazone groups is 1. The van der Waals surface area contributed by atoms with Crippen LogP contribution in [0.5, 0.6) is 5.75 Å². The van der Waals surface area contributed by atoms with E-state index in [2.05, 4.69) is 15.8 Å². The van der Waals surface area contributed by atoms with E-state index in [1.807, 2.05) is 55.5 Å². The molecule has 6 nitrogen and oxygen atoms in total. The van der Waals surface area contributed by atoms with Gasteiger partial charge in [0.2, 0.25) is 11.8 Å². The van der Waals surface area contributed by atoms with Crippen LogP contribution in [-0.4, -0.2) is 18.0 Å². The molecule has 0 fully saturated rings. The van der Waals surface area contributed by atoms with Crippen LogP contribution in [0, 0.1) is 12.7 Å². The van der Waals surface area contributed by atoms with E-state index in [9.17, 15) is 14.0 Å². The minimum Gasteiger partial charge on any atom is -0.488 e. The molecule has 0 aromatic heterocycles. The third-order valence-corrected chi connectivity index (χ3v) is 4.55. The van der Waals surface area contributed by atoms with Crippen molar-refractivity contribution >= 4 is 23.7 Å². The summed E-state index contributed by atoms with van der Waals surface area (Å²) in [7, 11) is 0. The molecular weight excluding hydrogens is 409 g/mol. The summed E-state index contributed by atoms with van der Waals surface area (Å²) in [5, 5.41) is 6.39. The summed E-state index contributed by atoms with van der Waals surface area (Å²) >= 11 is 0. The molecule has 0 aliphatic rings. The smallest absolute Gasteiger partial charge is 0.240 e. The number of anilines is 1. The van der Waals surface area contributed by atoms with Gasteiger partial charge in [0.25, 0.3) is 0 Å². The van der Waals surface area contributed by atoms with Crippen LogP contribution >= 0.6 is 0 Å². The monoisotopic (exact) mass is 433 g/mol. The lowest BCUT2D eigenvalue weighted by Crippen LogP contribution is -2.21. The fourth-order valence-electron chi connectivity index (χ4n) is 2.80. The highest BCUT2D eigenvalue weighted by Crippen LogP contribution is 2.18. The third kappa shape index (κ3) is 7.05. The molecule has 0 bridgehead atoms.